The monoisotopic (exact) mass is 380 g/mol. The Balaban J connectivity index is 2.01. The number of rotatable bonds is 6. The van der Waals surface area contributed by atoms with E-state index in [1.165, 1.54) is 19.2 Å². The third-order valence-corrected chi connectivity index (χ3v) is 4.22. The van der Waals surface area contributed by atoms with Gasteiger partial charge in [-0.15, -0.1) is 10.2 Å². The summed E-state index contributed by atoms with van der Waals surface area (Å²) in [5, 5.41) is 20.4. The van der Waals surface area contributed by atoms with E-state index < -0.39 is 5.97 Å². The molecule has 144 valence electrons. The average Bonchev–Trinajstić information content (AvgIpc) is 3.08. The first-order valence-electron chi connectivity index (χ1n) is 8.68. The summed E-state index contributed by atoms with van der Waals surface area (Å²) in [6.07, 6.45) is 0.629. The molecule has 0 aliphatic heterocycles. The minimum absolute atomic E-state index is 0.0496. The van der Waals surface area contributed by atoms with Gasteiger partial charge in [0, 0.05) is 17.7 Å². The molecular weight excluding hydrogens is 360 g/mol. The lowest BCUT2D eigenvalue weighted by Gasteiger charge is -2.13. The Morgan fingerprint density at radius 2 is 1.93 bits per heavy atom. The van der Waals surface area contributed by atoms with Crippen molar-refractivity contribution in [2.45, 2.75) is 20.3 Å². The van der Waals surface area contributed by atoms with Gasteiger partial charge in [-0.25, -0.2) is 4.79 Å². The molecule has 0 atom stereocenters. The number of ether oxygens (including phenoxy) is 1. The van der Waals surface area contributed by atoms with Crippen LogP contribution < -0.4 is 10.1 Å². The fourth-order valence-electron chi connectivity index (χ4n) is 2.87. The fourth-order valence-corrected chi connectivity index (χ4v) is 2.87. The van der Waals surface area contributed by atoms with Crippen LogP contribution in [0.2, 0.25) is 0 Å². The van der Waals surface area contributed by atoms with Crippen LogP contribution in [0.1, 0.15) is 39.3 Å². The summed E-state index contributed by atoms with van der Waals surface area (Å²) in [4.78, 5) is 24.2. The predicted octanol–water partition coefficient (Wildman–Crippen LogP) is 3.10. The summed E-state index contributed by atoms with van der Waals surface area (Å²) in [7, 11) is 1.52. The minimum Gasteiger partial charge on any atom is -0.497 e. The Labute approximate surface area is 161 Å². The number of benzene rings is 2. The highest BCUT2D eigenvalue weighted by Crippen LogP contribution is 2.22. The molecule has 1 aromatic heterocycles. The molecule has 0 saturated heterocycles. The van der Waals surface area contributed by atoms with Crippen molar-refractivity contribution in [2.75, 3.05) is 12.4 Å². The van der Waals surface area contributed by atoms with Gasteiger partial charge in [0.15, 0.2) is 0 Å². The van der Waals surface area contributed by atoms with Crippen LogP contribution in [0.15, 0.2) is 42.5 Å². The van der Waals surface area contributed by atoms with E-state index in [0.717, 1.165) is 0 Å². The molecule has 0 saturated carbocycles. The Hall–Kier alpha value is -3.68. The van der Waals surface area contributed by atoms with Crippen LogP contribution in [-0.2, 0) is 6.42 Å². The van der Waals surface area contributed by atoms with Gasteiger partial charge in [0.05, 0.1) is 18.4 Å². The molecule has 0 fully saturated rings. The van der Waals surface area contributed by atoms with Crippen molar-refractivity contribution >= 4 is 17.6 Å². The van der Waals surface area contributed by atoms with Gasteiger partial charge in [-0.3, -0.25) is 9.36 Å². The van der Waals surface area contributed by atoms with E-state index in [-0.39, 0.29) is 11.5 Å². The number of hydrogen-bond donors (Lipinski definition) is 2. The van der Waals surface area contributed by atoms with Gasteiger partial charge in [0.1, 0.15) is 17.4 Å². The zero-order valence-corrected chi connectivity index (χ0v) is 15.8. The number of nitrogens with one attached hydrogen (secondary N) is 1. The van der Waals surface area contributed by atoms with E-state index in [2.05, 4.69) is 15.5 Å². The summed E-state index contributed by atoms with van der Waals surface area (Å²) >= 11 is 0. The van der Waals surface area contributed by atoms with Gasteiger partial charge < -0.3 is 15.2 Å². The maximum atomic E-state index is 12.6. The molecule has 1 amide bonds. The smallest absolute Gasteiger partial charge is 0.335 e. The summed E-state index contributed by atoms with van der Waals surface area (Å²) in [5.74, 6) is 0.418. The third-order valence-electron chi connectivity index (χ3n) is 4.22. The second-order valence-corrected chi connectivity index (χ2v) is 6.11. The predicted molar refractivity (Wildman–Crippen MR) is 103 cm³/mol. The highest BCUT2D eigenvalue weighted by molar-refractivity contribution is 6.05. The molecule has 0 radical (unpaired) electrons. The number of anilines is 1. The molecule has 0 unspecified atom stereocenters. The highest BCUT2D eigenvalue weighted by Gasteiger charge is 2.15. The minimum atomic E-state index is -1.09. The van der Waals surface area contributed by atoms with E-state index >= 15 is 0 Å². The Morgan fingerprint density at radius 1 is 1.14 bits per heavy atom. The van der Waals surface area contributed by atoms with Crippen molar-refractivity contribution in [3.8, 4) is 11.4 Å². The van der Waals surface area contributed by atoms with Crippen LogP contribution in [0.4, 0.5) is 5.69 Å². The molecule has 0 aliphatic carbocycles. The first-order chi connectivity index (χ1) is 13.4. The number of nitrogens with zero attached hydrogens (tertiary/aromatic N) is 3. The number of aryl methyl sites for hydroxylation is 2. The molecule has 2 aromatic carbocycles. The summed E-state index contributed by atoms with van der Waals surface area (Å²) in [6, 6.07) is 11.3. The normalized spacial score (nSPS) is 10.5. The van der Waals surface area contributed by atoms with E-state index in [1.54, 1.807) is 41.8 Å². The van der Waals surface area contributed by atoms with E-state index in [4.69, 9.17) is 4.74 Å². The number of methoxy groups -OCH3 is 1. The maximum absolute atomic E-state index is 12.6. The molecular formula is C20H20N4O4. The van der Waals surface area contributed by atoms with Crippen LogP contribution >= 0.6 is 0 Å². The molecule has 0 aliphatic rings. The molecule has 0 spiro atoms. The molecule has 28 heavy (non-hydrogen) atoms. The van der Waals surface area contributed by atoms with Crippen LogP contribution in [-0.4, -0.2) is 38.9 Å². The zero-order valence-electron chi connectivity index (χ0n) is 15.8. The van der Waals surface area contributed by atoms with Gasteiger partial charge in [-0.05, 0) is 43.3 Å². The highest BCUT2D eigenvalue weighted by atomic mass is 16.5. The third kappa shape index (κ3) is 3.85. The second-order valence-electron chi connectivity index (χ2n) is 6.11. The van der Waals surface area contributed by atoms with E-state index in [1.807, 2.05) is 6.92 Å². The topological polar surface area (TPSA) is 106 Å². The zero-order chi connectivity index (χ0) is 20.3. The van der Waals surface area contributed by atoms with Crippen molar-refractivity contribution in [1.29, 1.82) is 0 Å². The number of carboxylic acids is 1. The Morgan fingerprint density at radius 3 is 2.61 bits per heavy atom. The number of aromatic nitrogens is 3. The van der Waals surface area contributed by atoms with E-state index in [9.17, 15) is 14.7 Å². The number of carboxylic acid groups (broad SMARTS) is 1. The molecule has 0 bridgehead atoms. The number of amides is 1. The van der Waals surface area contributed by atoms with Crippen molar-refractivity contribution < 1.29 is 19.4 Å². The standard InChI is InChI=1S/C20H20N4O4/c1-4-18-23-22-12(2)24(18)16-9-14(20(26)27)8-15(11-16)21-19(25)13-6-5-7-17(10-13)28-3/h5-11H,4H2,1-3H3,(H,21,25)(H,26,27). The van der Waals surface area contributed by atoms with Crippen LogP contribution in [0, 0.1) is 6.92 Å². The number of aromatic carboxylic acids is 1. The van der Waals surface area contributed by atoms with Crippen molar-refractivity contribution in [3.05, 3.63) is 65.2 Å². The summed E-state index contributed by atoms with van der Waals surface area (Å²) in [6.45, 7) is 3.72. The second kappa shape index (κ2) is 7.91. The number of carbonyl (C=O) groups is 2. The number of hydrogen-bond acceptors (Lipinski definition) is 5. The van der Waals surface area contributed by atoms with Gasteiger partial charge in [0.25, 0.3) is 5.91 Å². The van der Waals surface area contributed by atoms with Gasteiger partial charge in [-0.2, -0.15) is 0 Å². The lowest BCUT2D eigenvalue weighted by Crippen LogP contribution is -2.13. The van der Waals surface area contributed by atoms with Crippen molar-refractivity contribution in [3.63, 3.8) is 0 Å². The van der Waals surface area contributed by atoms with Crippen molar-refractivity contribution in [2.24, 2.45) is 0 Å². The first-order valence-corrected chi connectivity index (χ1v) is 8.68. The van der Waals surface area contributed by atoms with Crippen molar-refractivity contribution in [1.82, 2.24) is 14.8 Å². The summed E-state index contributed by atoms with van der Waals surface area (Å²) in [5.41, 5.74) is 1.38. The first kappa shape index (κ1) is 19.1. The van der Waals surface area contributed by atoms with Crippen LogP contribution in [0.5, 0.6) is 5.75 Å². The molecule has 3 aromatic rings. The average molecular weight is 380 g/mol. The largest absolute Gasteiger partial charge is 0.497 e. The lowest BCUT2D eigenvalue weighted by molar-refractivity contribution is 0.0696. The van der Waals surface area contributed by atoms with Gasteiger partial charge in [-0.1, -0.05) is 13.0 Å². The lowest BCUT2D eigenvalue weighted by atomic mass is 10.1. The molecule has 8 heteroatoms. The van der Waals surface area contributed by atoms with E-state index in [0.29, 0.717) is 40.8 Å². The van der Waals surface area contributed by atoms with Gasteiger partial charge in [0.2, 0.25) is 0 Å². The molecule has 1 heterocycles. The number of carbonyl (C=O) groups excluding carboxylic acids is 1. The Kier molecular flexibility index (Phi) is 5.39. The molecule has 2 N–H and O–H groups in total. The SMILES string of the molecule is CCc1nnc(C)n1-c1cc(NC(=O)c2cccc(OC)c2)cc(C(=O)O)c1. The maximum Gasteiger partial charge on any atom is 0.335 e. The summed E-state index contributed by atoms with van der Waals surface area (Å²) < 4.78 is 6.91. The van der Waals surface area contributed by atoms with Crippen LogP contribution in [0.3, 0.4) is 0 Å². The molecule has 8 nitrogen and oxygen atoms in total. The van der Waals surface area contributed by atoms with Gasteiger partial charge >= 0.3 is 5.97 Å². The van der Waals surface area contributed by atoms with Crippen LogP contribution in [0.25, 0.3) is 5.69 Å². The Bertz CT molecular complexity index is 1040. The quantitative estimate of drug-likeness (QED) is 0.681. The molecule has 3 rings (SSSR count). The fraction of sp³-hybridized carbons (Fsp3) is 0.200.